The number of aryl methyl sites for hydroxylation is 1. The summed E-state index contributed by atoms with van der Waals surface area (Å²) in [5, 5.41) is 7.11. The maximum absolute atomic E-state index is 4.58. The molecule has 1 aliphatic heterocycles. The summed E-state index contributed by atoms with van der Waals surface area (Å²) in [4.78, 5) is 7.15. The van der Waals surface area contributed by atoms with Crippen molar-refractivity contribution in [2.75, 3.05) is 19.6 Å². The van der Waals surface area contributed by atoms with E-state index in [-0.39, 0.29) is 0 Å². The molecule has 1 aliphatic rings. The Morgan fingerprint density at radius 1 is 1.61 bits per heavy atom. The maximum atomic E-state index is 4.58. The molecule has 18 heavy (non-hydrogen) atoms. The number of rotatable bonds is 4. The first-order valence-corrected chi connectivity index (χ1v) is 7.93. The molecule has 1 aromatic rings. The van der Waals surface area contributed by atoms with Gasteiger partial charge in [0.25, 0.3) is 0 Å². The molecule has 1 aromatic heterocycles. The molecule has 1 saturated heterocycles. The number of thiazole rings is 1. The van der Waals surface area contributed by atoms with Gasteiger partial charge in [-0.1, -0.05) is 20.3 Å². The lowest BCUT2D eigenvalue weighted by atomic mass is 9.99. The summed E-state index contributed by atoms with van der Waals surface area (Å²) in [6, 6.07) is 0.638. The lowest BCUT2D eigenvalue weighted by Crippen LogP contribution is -2.41. The van der Waals surface area contributed by atoms with Crippen LogP contribution in [0.2, 0.25) is 0 Å². The van der Waals surface area contributed by atoms with E-state index < -0.39 is 0 Å². The highest BCUT2D eigenvalue weighted by Gasteiger charge is 2.22. The average molecular weight is 267 g/mol. The molecule has 2 unspecified atom stereocenters. The lowest BCUT2D eigenvalue weighted by Gasteiger charge is -2.27. The first-order valence-electron chi connectivity index (χ1n) is 7.05. The second kappa shape index (κ2) is 6.64. The third-order valence-corrected chi connectivity index (χ3v) is 4.82. The van der Waals surface area contributed by atoms with Gasteiger partial charge < -0.3 is 5.32 Å². The highest BCUT2D eigenvalue weighted by Crippen LogP contribution is 2.16. The average Bonchev–Trinajstić information content (AvgIpc) is 2.64. The van der Waals surface area contributed by atoms with Gasteiger partial charge in [-0.05, 0) is 32.4 Å². The van der Waals surface area contributed by atoms with E-state index in [1.165, 1.54) is 24.4 Å². The molecule has 2 atom stereocenters. The molecular weight excluding hydrogens is 242 g/mol. The summed E-state index contributed by atoms with van der Waals surface area (Å²) in [5.74, 6) is 0.753. The Morgan fingerprint density at radius 2 is 2.44 bits per heavy atom. The van der Waals surface area contributed by atoms with Crippen LogP contribution in [0, 0.1) is 12.8 Å². The minimum absolute atomic E-state index is 0.638. The Labute approximate surface area is 115 Å². The van der Waals surface area contributed by atoms with E-state index in [1.54, 1.807) is 11.3 Å². The van der Waals surface area contributed by atoms with Crippen molar-refractivity contribution in [2.24, 2.45) is 5.92 Å². The minimum atomic E-state index is 0.638. The Hall–Kier alpha value is -0.450. The van der Waals surface area contributed by atoms with Gasteiger partial charge in [0, 0.05) is 23.7 Å². The molecule has 1 fully saturated rings. The predicted octanol–water partition coefficient (Wildman–Crippen LogP) is 2.66. The predicted molar refractivity (Wildman–Crippen MR) is 78.0 cm³/mol. The molecular formula is C14H25N3S. The first-order chi connectivity index (χ1) is 8.69. The molecule has 0 spiro atoms. The van der Waals surface area contributed by atoms with Gasteiger partial charge in [-0.2, -0.15) is 0 Å². The highest BCUT2D eigenvalue weighted by molar-refractivity contribution is 7.09. The molecule has 4 heteroatoms. The largest absolute Gasteiger partial charge is 0.312 e. The van der Waals surface area contributed by atoms with Gasteiger partial charge in [0.2, 0.25) is 0 Å². The van der Waals surface area contributed by atoms with Crippen LogP contribution in [0.4, 0.5) is 0 Å². The van der Waals surface area contributed by atoms with Crippen LogP contribution < -0.4 is 5.32 Å². The zero-order valence-electron chi connectivity index (χ0n) is 11.8. The smallest absolute Gasteiger partial charge is 0.107 e. The van der Waals surface area contributed by atoms with E-state index >= 15 is 0 Å². The van der Waals surface area contributed by atoms with Crippen molar-refractivity contribution in [1.29, 1.82) is 0 Å². The van der Waals surface area contributed by atoms with Crippen LogP contribution >= 0.6 is 11.3 Å². The van der Waals surface area contributed by atoms with Crippen molar-refractivity contribution in [3.05, 3.63) is 16.1 Å². The van der Waals surface area contributed by atoms with Crippen LogP contribution in [0.1, 0.15) is 37.4 Å². The van der Waals surface area contributed by atoms with Crippen molar-refractivity contribution in [1.82, 2.24) is 15.2 Å². The fourth-order valence-electron chi connectivity index (χ4n) is 2.50. The molecule has 0 saturated carbocycles. The molecule has 0 radical (unpaired) electrons. The number of hydrogen-bond acceptors (Lipinski definition) is 4. The van der Waals surface area contributed by atoms with Gasteiger partial charge in [0.15, 0.2) is 0 Å². The summed E-state index contributed by atoms with van der Waals surface area (Å²) in [7, 11) is 0. The van der Waals surface area contributed by atoms with Crippen LogP contribution in [0.5, 0.6) is 0 Å². The zero-order chi connectivity index (χ0) is 13.0. The number of nitrogens with one attached hydrogen (secondary N) is 1. The molecule has 0 amide bonds. The van der Waals surface area contributed by atoms with Crippen LogP contribution in [0.25, 0.3) is 0 Å². The molecule has 0 aliphatic carbocycles. The van der Waals surface area contributed by atoms with E-state index in [1.807, 2.05) is 0 Å². The standard InChI is InChI=1S/C14H25N3S/c1-4-11(2)13-8-17(7-5-6-15-13)9-14-16-12(3)10-18-14/h10-11,13,15H,4-9H2,1-3H3. The number of hydrogen-bond donors (Lipinski definition) is 1. The minimum Gasteiger partial charge on any atom is -0.312 e. The summed E-state index contributed by atoms with van der Waals surface area (Å²) in [6.45, 7) is 11.2. The van der Waals surface area contributed by atoms with Gasteiger partial charge in [-0.3, -0.25) is 4.90 Å². The van der Waals surface area contributed by atoms with Gasteiger partial charge in [-0.15, -0.1) is 11.3 Å². The quantitative estimate of drug-likeness (QED) is 0.909. The summed E-state index contributed by atoms with van der Waals surface area (Å²) >= 11 is 1.79. The van der Waals surface area contributed by atoms with Crippen LogP contribution in [0.3, 0.4) is 0 Å². The first kappa shape index (κ1) is 14.0. The second-order valence-electron chi connectivity index (χ2n) is 5.42. The van der Waals surface area contributed by atoms with Gasteiger partial charge in [0.05, 0.1) is 6.54 Å². The number of nitrogens with zero attached hydrogens (tertiary/aromatic N) is 2. The highest BCUT2D eigenvalue weighted by atomic mass is 32.1. The fraction of sp³-hybridized carbons (Fsp3) is 0.786. The second-order valence-corrected chi connectivity index (χ2v) is 6.36. The van der Waals surface area contributed by atoms with Crippen LogP contribution in [-0.4, -0.2) is 35.6 Å². The van der Waals surface area contributed by atoms with E-state index in [0.29, 0.717) is 6.04 Å². The van der Waals surface area contributed by atoms with Crippen molar-refractivity contribution in [3.8, 4) is 0 Å². The van der Waals surface area contributed by atoms with Gasteiger partial charge in [0.1, 0.15) is 5.01 Å². The zero-order valence-corrected chi connectivity index (χ0v) is 12.6. The lowest BCUT2D eigenvalue weighted by molar-refractivity contribution is 0.231. The Balaban J connectivity index is 1.94. The molecule has 102 valence electrons. The van der Waals surface area contributed by atoms with Crippen molar-refractivity contribution < 1.29 is 0 Å². The van der Waals surface area contributed by atoms with Crippen LogP contribution in [-0.2, 0) is 6.54 Å². The SMILES string of the molecule is CCC(C)C1CN(Cc2nc(C)cs2)CCCN1. The Morgan fingerprint density at radius 3 is 3.11 bits per heavy atom. The summed E-state index contributed by atoms with van der Waals surface area (Å²) in [6.07, 6.45) is 2.50. The Kier molecular flexibility index (Phi) is 5.15. The van der Waals surface area contributed by atoms with Crippen molar-refractivity contribution in [3.63, 3.8) is 0 Å². The van der Waals surface area contributed by atoms with Crippen molar-refractivity contribution in [2.45, 2.75) is 46.2 Å². The normalized spacial score (nSPS) is 23.8. The monoisotopic (exact) mass is 267 g/mol. The van der Waals surface area contributed by atoms with Crippen LogP contribution in [0.15, 0.2) is 5.38 Å². The van der Waals surface area contributed by atoms with E-state index in [0.717, 1.165) is 31.2 Å². The van der Waals surface area contributed by atoms with E-state index in [4.69, 9.17) is 0 Å². The fourth-order valence-corrected chi connectivity index (χ4v) is 3.31. The summed E-state index contributed by atoms with van der Waals surface area (Å²) < 4.78 is 0. The molecule has 2 rings (SSSR count). The third kappa shape index (κ3) is 3.77. The number of aromatic nitrogens is 1. The molecule has 2 heterocycles. The summed E-state index contributed by atoms with van der Waals surface area (Å²) in [5.41, 5.74) is 1.15. The van der Waals surface area contributed by atoms with Gasteiger partial charge >= 0.3 is 0 Å². The topological polar surface area (TPSA) is 28.2 Å². The maximum Gasteiger partial charge on any atom is 0.107 e. The molecule has 0 bridgehead atoms. The van der Waals surface area contributed by atoms with E-state index in [9.17, 15) is 0 Å². The molecule has 1 N–H and O–H groups in total. The Bertz CT molecular complexity index is 364. The van der Waals surface area contributed by atoms with Gasteiger partial charge in [-0.25, -0.2) is 4.98 Å². The third-order valence-electron chi connectivity index (χ3n) is 3.87. The van der Waals surface area contributed by atoms with Crippen molar-refractivity contribution >= 4 is 11.3 Å². The molecule has 3 nitrogen and oxygen atoms in total. The molecule has 0 aromatic carbocycles. The van der Waals surface area contributed by atoms with E-state index in [2.05, 4.69) is 41.4 Å².